The fourth-order valence-corrected chi connectivity index (χ4v) is 2.81. The molecule has 0 fully saturated rings. The number of hydrogen-bond acceptors (Lipinski definition) is 2. The molecule has 0 saturated heterocycles. The summed E-state index contributed by atoms with van der Waals surface area (Å²) in [6.07, 6.45) is 1.64. The van der Waals surface area contributed by atoms with Crippen LogP contribution in [0.25, 0.3) is 0 Å². The molecule has 2 aromatic rings. The van der Waals surface area contributed by atoms with E-state index in [2.05, 4.69) is 9.89 Å². The molecule has 0 aliphatic carbocycles. The minimum Gasteiger partial charge on any atom is -0.328 e. The first-order valence-corrected chi connectivity index (χ1v) is 7.42. The third kappa shape index (κ3) is 3.24. The van der Waals surface area contributed by atoms with E-state index in [1.165, 1.54) is 6.07 Å². The molecule has 1 aliphatic rings. The molecule has 0 N–H and O–H groups in total. The summed E-state index contributed by atoms with van der Waals surface area (Å²) in [7, 11) is 0. The van der Waals surface area contributed by atoms with E-state index in [1.807, 2.05) is 30.3 Å². The highest BCUT2D eigenvalue weighted by Gasteiger charge is 2.18. The van der Waals surface area contributed by atoms with Crippen molar-refractivity contribution in [2.45, 2.75) is 12.8 Å². The largest absolute Gasteiger partial charge is 0.328 e. The average Bonchev–Trinajstić information content (AvgIpc) is 2.95. The Hall–Kier alpha value is -1.87. The van der Waals surface area contributed by atoms with Crippen LogP contribution in [0, 0.1) is 5.82 Å². The molecular formula is C17H16ClFN2. The molecule has 0 atom stereocenters. The highest BCUT2D eigenvalue weighted by atomic mass is 35.5. The maximum atomic E-state index is 13.4. The Labute approximate surface area is 128 Å². The normalized spacial score (nSPS) is 14.4. The molecule has 0 bridgehead atoms. The van der Waals surface area contributed by atoms with Crippen LogP contribution in [0.15, 0.2) is 53.5 Å². The summed E-state index contributed by atoms with van der Waals surface area (Å²) in [5.74, 6) is 0.783. The lowest BCUT2D eigenvalue weighted by Crippen LogP contribution is -2.27. The third-order valence-electron chi connectivity index (χ3n) is 3.63. The summed E-state index contributed by atoms with van der Waals surface area (Å²) in [5.41, 5.74) is 1.98. The quantitative estimate of drug-likeness (QED) is 0.821. The van der Waals surface area contributed by atoms with Crippen molar-refractivity contribution in [3.05, 3.63) is 64.9 Å². The van der Waals surface area contributed by atoms with Crippen LogP contribution in [0.3, 0.4) is 0 Å². The number of anilines is 1. The van der Waals surface area contributed by atoms with Gasteiger partial charge in [0.25, 0.3) is 0 Å². The summed E-state index contributed by atoms with van der Waals surface area (Å²) in [6, 6.07) is 14.5. The number of amidine groups is 1. The van der Waals surface area contributed by atoms with E-state index in [1.54, 1.807) is 12.1 Å². The maximum Gasteiger partial charge on any atom is 0.125 e. The Bertz CT molecular complexity index is 669. The van der Waals surface area contributed by atoms with E-state index >= 15 is 0 Å². The van der Waals surface area contributed by atoms with E-state index < -0.39 is 0 Å². The zero-order valence-corrected chi connectivity index (χ0v) is 12.4. The SMILES string of the molecule is Fc1cccc(N2CCN=C2CCc2ccccc2Cl)c1. The minimum absolute atomic E-state index is 0.218. The summed E-state index contributed by atoms with van der Waals surface area (Å²) >= 11 is 6.18. The molecule has 0 radical (unpaired) electrons. The van der Waals surface area contributed by atoms with Crippen molar-refractivity contribution >= 4 is 23.1 Å². The van der Waals surface area contributed by atoms with Crippen molar-refractivity contribution in [3.63, 3.8) is 0 Å². The highest BCUT2D eigenvalue weighted by molar-refractivity contribution is 6.31. The van der Waals surface area contributed by atoms with Crippen LogP contribution < -0.4 is 4.90 Å². The van der Waals surface area contributed by atoms with Crippen molar-refractivity contribution in [1.82, 2.24) is 0 Å². The Morgan fingerprint density at radius 2 is 1.95 bits per heavy atom. The molecule has 0 spiro atoms. The topological polar surface area (TPSA) is 15.6 Å². The van der Waals surface area contributed by atoms with Crippen LogP contribution in [0.1, 0.15) is 12.0 Å². The Balaban J connectivity index is 1.72. The molecular weight excluding hydrogens is 287 g/mol. The van der Waals surface area contributed by atoms with Gasteiger partial charge in [0.15, 0.2) is 0 Å². The maximum absolute atomic E-state index is 13.4. The highest BCUT2D eigenvalue weighted by Crippen LogP contribution is 2.22. The van der Waals surface area contributed by atoms with Gasteiger partial charge in [0.2, 0.25) is 0 Å². The number of halogens is 2. The third-order valence-corrected chi connectivity index (χ3v) is 3.99. The summed E-state index contributed by atoms with van der Waals surface area (Å²) in [6.45, 7) is 1.57. The molecule has 21 heavy (non-hydrogen) atoms. The van der Waals surface area contributed by atoms with Gasteiger partial charge >= 0.3 is 0 Å². The molecule has 0 aromatic heterocycles. The van der Waals surface area contributed by atoms with Gasteiger partial charge in [-0.2, -0.15) is 0 Å². The fourth-order valence-electron chi connectivity index (χ4n) is 2.58. The Kier molecular flexibility index (Phi) is 4.20. The smallest absolute Gasteiger partial charge is 0.125 e. The number of aryl methyl sites for hydroxylation is 1. The second-order valence-corrected chi connectivity index (χ2v) is 5.43. The molecule has 0 unspecified atom stereocenters. The molecule has 4 heteroatoms. The van der Waals surface area contributed by atoms with Gasteiger partial charge in [-0.15, -0.1) is 0 Å². The monoisotopic (exact) mass is 302 g/mol. The predicted molar refractivity (Wildman–Crippen MR) is 85.8 cm³/mol. The fraction of sp³-hybridized carbons (Fsp3) is 0.235. The van der Waals surface area contributed by atoms with Crippen molar-refractivity contribution in [2.75, 3.05) is 18.0 Å². The zero-order chi connectivity index (χ0) is 14.7. The van der Waals surface area contributed by atoms with Crippen LogP contribution in [0.2, 0.25) is 5.02 Å². The van der Waals surface area contributed by atoms with E-state index in [0.29, 0.717) is 0 Å². The number of nitrogens with zero attached hydrogens (tertiary/aromatic N) is 2. The lowest BCUT2D eigenvalue weighted by Gasteiger charge is -2.20. The van der Waals surface area contributed by atoms with Crippen LogP contribution >= 0.6 is 11.6 Å². The first-order chi connectivity index (χ1) is 10.2. The summed E-state index contributed by atoms with van der Waals surface area (Å²) in [5, 5.41) is 0.786. The number of benzene rings is 2. The van der Waals surface area contributed by atoms with Gasteiger partial charge in [-0.05, 0) is 36.2 Å². The van der Waals surface area contributed by atoms with E-state index in [0.717, 1.165) is 48.0 Å². The zero-order valence-electron chi connectivity index (χ0n) is 11.6. The second kappa shape index (κ2) is 6.27. The first kappa shape index (κ1) is 14.1. The predicted octanol–water partition coefficient (Wildman–Crippen LogP) is 4.33. The van der Waals surface area contributed by atoms with Crippen LogP contribution in [0.5, 0.6) is 0 Å². The van der Waals surface area contributed by atoms with Crippen molar-refractivity contribution in [3.8, 4) is 0 Å². The lowest BCUT2D eigenvalue weighted by molar-refractivity contribution is 0.628. The van der Waals surface area contributed by atoms with Crippen molar-refractivity contribution in [1.29, 1.82) is 0 Å². The Morgan fingerprint density at radius 1 is 1.10 bits per heavy atom. The van der Waals surface area contributed by atoms with E-state index in [9.17, 15) is 4.39 Å². The van der Waals surface area contributed by atoms with E-state index in [4.69, 9.17) is 11.6 Å². The number of hydrogen-bond donors (Lipinski definition) is 0. The van der Waals surface area contributed by atoms with Crippen molar-refractivity contribution < 1.29 is 4.39 Å². The Morgan fingerprint density at radius 3 is 2.76 bits per heavy atom. The second-order valence-electron chi connectivity index (χ2n) is 5.02. The number of rotatable bonds is 4. The molecule has 108 valence electrons. The van der Waals surface area contributed by atoms with Gasteiger partial charge in [-0.3, -0.25) is 4.99 Å². The van der Waals surface area contributed by atoms with Gasteiger partial charge in [-0.25, -0.2) is 4.39 Å². The molecule has 3 rings (SSSR count). The van der Waals surface area contributed by atoms with Gasteiger partial charge in [0, 0.05) is 23.7 Å². The van der Waals surface area contributed by atoms with Crippen LogP contribution in [-0.2, 0) is 6.42 Å². The molecule has 1 heterocycles. The van der Waals surface area contributed by atoms with Gasteiger partial charge in [-0.1, -0.05) is 35.9 Å². The van der Waals surface area contributed by atoms with Gasteiger partial charge < -0.3 is 4.90 Å². The van der Waals surface area contributed by atoms with Gasteiger partial charge in [0.1, 0.15) is 11.7 Å². The molecule has 0 amide bonds. The van der Waals surface area contributed by atoms with Gasteiger partial charge in [0.05, 0.1) is 6.54 Å². The minimum atomic E-state index is -0.218. The average molecular weight is 303 g/mol. The van der Waals surface area contributed by atoms with E-state index in [-0.39, 0.29) is 5.82 Å². The molecule has 0 saturated carbocycles. The molecule has 2 nitrogen and oxygen atoms in total. The van der Waals surface area contributed by atoms with Crippen LogP contribution in [-0.4, -0.2) is 18.9 Å². The molecule has 2 aromatic carbocycles. The standard InChI is InChI=1S/C17H16ClFN2/c18-16-7-2-1-4-13(16)8-9-17-20-10-11-21(17)15-6-3-5-14(19)12-15/h1-7,12H,8-11H2. The number of aliphatic imine (C=N–C) groups is 1. The summed E-state index contributed by atoms with van der Waals surface area (Å²) in [4.78, 5) is 6.63. The molecule has 1 aliphatic heterocycles. The van der Waals surface area contributed by atoms with Crippen LogP contribution in [0.4, 0.5) is 10.1 Å². The first-order valence-electron chi connectivity index (χ1n) is 7.04. The van der Waals surface area contributed by atoms with Crippen molar-refractivity contribution in [2.24, 2.45) is 4.99 Å². The summed E-state index contributed by atoms with van der Waals surface area (Å²) < 4.78 is 13.4. The lowest BCUT2D eigenvalue weighted by atomic mass is 10.1.